The predicted octanol–water partition coefficient (Wildman–Crippen LogP) is 7.80. The Bertz CT molecular complexity index is 1490. The molecule has 44 heavy (non-hydrogen) atoms. The third-order valence-corrected chi connectivity index (χ3v) is 9.16. The molecule has 2 aromatic rings. The number of benzene rings is 2. The van der Waals surface area contributed by atoms with Gasteiger partial charge in [0.2, 0.25) is 5.91 Å². The summed E-state index contributed by atoms with van der Waals surface area (Å²) in [5.41, 5.74) is 4.81. The van der Waals surface area contributed by atoms with Crippen LogP contribution in [0, 0.1) is 5.41 Å². The van der Waals surface area contributed by atoms with Crippen molar-refractivity contribution in [2.75, 3.05) is 13.7 Å². The maximum Gasteiger partial charge on any atom is 0.416 e. The molecule has 5 rings (SSSR count). The molecule has 0 radical (unpaired) electrons. The van der Waals surface area contributed by atoms with E-state index in [9.17, 15) is 35.9 Å². The second-order valence-corrected chi connectivity index (χ2v) is 12.8. The molecule has 2 atom stereocenters. The van der Waals surface area contributed by atoms with E-state index in [4.69, 9.17) is 15.2 Å². The Hall–Kier alpha value is -3.70. The van der Waals surface area contributed by atoms with Crippen LogP contribution in [-0.2, 0) is 27.3 Å². The maximum absolute atomic E-state index is 13.5. The number of cyclic esters (lactones) is 1. The molecular weight excluding hydrogens is 590 g/mol. The number of hydrogen-bond acceptors (Lipinski definition) is 4. The Morgan fingerprint density at radius 1 is 1.02 bits per heavy atom. The highest BCUT2D eigenvalue weighted by Crippen LogP contribution is 2.51. The molecule has 2 amide bonds. The van der Waals surface area contributed by atoms with Crippen molar-refractivity contribution in [2.45, 2.75) is 82.8 Å². The van der Waals surface area contributed by atoms with Crippen LogP contribution in [0.2, 0.25) is 0 Å². The molecule has 12 heteroatoms. The van der Waals surface area contributed by atoms with Crippen LogP contribution in [0.15, 0.2) is 42.0 Å². The van der Waals surface area contributed by atoms with E-state index in [0.717, 1.165) is 28.7 Å². The molecule has 2 N–H and O–H groups in total. The summed E-state index contributed by atoms with van der Waals surface area (Å²) in [4.78, 5) is 26.8. The molecule has 1 saturated carbocycles. The van der Waals surface area contributed by atoms with E-state index in [0.29, 0.717) is 43.6 Å². The van der Waals surface area contributed by atoms with E-state index in [1.807, 2.05) is 12.1 Å². The smallest absolute Gasteiger partial charge is 0.416 e. The highest BCUT2D eigenvalue weighted by molar-refractivity contribution is 5.90. The zero-order chi connectivity index (χ0) is 32.4. The van der Waals surface area contributed by atoms with Gasteiger partial charge in [0.05, 0.1) is 29.7 Å². The van der Waals surface area contributed by atoms with Gasteiger partial charge in [-0.05, 0) is 97.0 Å². The third-order valence-electron chi connectivity index (χ3n) is 9.16. The van der Waals surface area contributed by atoms with Crippen LogP contribution >= 0.6 is 0 Å². The largest absolute Gasteiger partial charge is 0.496 e. The van der Waals surface area contributed by atoms with Gasteiger partial charge in [0, 0.05) is 12.1 Å². The van der Waals surface area contributed by atoms with E-state index >= 15 is 0 Å². The molecule has 0 bridgehead atoms. The highest BCUT2D eigenvalue weighted by atomic mass is 19.4. The molecule has 2 fully saturated rings. The molecule has 1 aliphatic heterocycles. The van der Waals surface area contributed by atoms with Crippen molar-refractivity contribution in [3.8, 4) is 5.75 Å². The minimum absolute atomic E-state index is 0.0503. The van der Waals surface area contributed by atoms with Crippen LogP contribution in [0.3, 0.4) is 0 Å². The number of halogens is 6. The van der Waals surface area contributed by atoms with E-state index in [1.54, 1.807) is 13.0 Å². The van der Waals surface area contributed by atoms with E-state index in [-0.39, 0.29) is 23.6 Å². The summed E-state index contributed by atoms with van der Waals surface area (Å²) in [5.74, 6) is 0.162. The number of rotatable bonds is 7. The number of allylic oxidation sites excluding steroid dienone is 1. The number of nitrogens with zero attached hydrogens (tertiary/aromatic N) is 1. The number of amides is 2. The molecule has 2 aromatic carbocycles. The van der Waals surface area contributed by atoms with Gasteiger partial charge in [0.25, 0.3) is 0 Å². The van der Waals surface area contributed by atoms with Crippen LogP contribution in [0.1, 0.15) is 86.8 Å². The zero-order valence-electron chi connectivity index (χ0n) is 24.8. The molecule has 1 saturated heterocycles. The fourth-order valence-electron chi connectivity index (χ4n) is 6.44. The summed E-state index contributed by atoms with van der Waals surface area (Å²) in [5, 5.41) is 0. The van der Waals surface area contributed by atoms with Crippen molar-refractivity contribution in [2.24, 2.45) is 11.1 Å². The first kappa shape index (κ1) is 31.7. The summed E-state index contributed by atoms with van der Waals surface area (Å²) in [6, 6.07) is 5.89. The lowest BCUT2D eigenvalue weighted by atomic mass is 9.72. The standard InChI is InChI=1S/C32H34F6N2O4/c1-17-26(18-11-21(31(33,34)35)13-22(12-18)32(36,37)38)44-28(42)40(17)16-19-15-29(2,3)8-7-23(19)24-14-20(5-6-25(24)43-4)30(9-10-30)27(39)41/h5-6,11-14,17,26H,7-10,15-16H2,1-4H3,(H2,39,41)/t17-,26-/m0/s1. The number of carbonyl (C=O) groups excluding carboxylic acids is 2. The summed E-state index contributed by atoms with van der Waals surface area (Å²) in [6.45, 7) is 5.76. The fraction of sp³-hybridized carbons (Fsp3) is 0.500. The SMILES string of the molecule is COc1ccc(C2(C(N)=O)CC2)cc1C1=C(CN2C(=O)O[C@H](c3cc(C(F)(F)F)cc(C(F)(F)F)c3)[C@@H]2C)CC(C)(C)CC1. The normalized spacial score (nSPS) is 23.0. The molecule has 2 aliphatic carbocycles. The van der Waals surface area contributed by atoms with Crippen LogP contribution in [0.4, 0.5) is 31.1 Å². The summed E-state index contributed by atoms with van der Waals surface area (Å²) in [6.07, 6.45) is -8.98. The summed E-state index contributed by atoms with van der Waals surface area (Å²) < 4.78 is 92.4. The number of alkyl halides is 6. The second-order valence-electron chi connectivity index (χ2n) is 12.8. The average molecular weight is 625 g/mol. The van der Waals surface area contributed by atoms with Crippen LogP contribution in [0.25, 0.3) is 5.57 Å². The van der Waals surface area contributed by atoms with Crippen molar-refractivity contribution in [3.63, 3.8) is 0 Å². The minimum Gasteiger partial charge on any atom is -0.496 e. The number of methoxy groups -OCH3 is 1. The Morgan fingerprint density at radius 2 is 1.64 bits per heavy atom. The molecular formula is C32H34F6N2O4. The molecule has 6 nitrogen and oxygen atoms in total. The van der Waals surface area contributed by atoms with Gasteiger partial charge in [-0.1, -0.05) is 19.9 Å². The first-order valence-corrected chi connectivity index (χ1v) is 14.3. The first-order chi connectivity index (χ1) is 20.4. The van der Waals surface area contributed by atoms with Gasteiger partial charge in [-0.3, -0.25) is 9.69 Å². The minimum atomic E-state index is -5.03. The molecule has 3 aliphatic rings. The molecule has 0 aromatic heterocycles. The average Bonchev–Trinajstić information content (AvgIpc) is 3.70. The molecule has 1 heterocycles. The number of primary amides is 1. The number of carbonyl (C=O) groups is 2. The predicted molar refractivity (Wildman–Crippen MR) is 149 cm³/mol. The van der Waals surface area contributed by atoms with Gasteiger partial charge < -0.3 is 15.2 Å². The Kier molecular flexibility index (Phi) is 7.73. The van der Waals surface area contributed by atoms with Crippen molar-refractivity contribution in [3.05, 3.63) is 69.8 Å². The van der Waals surface area contributed by atoms with Crippen LogP contribution in [-0.4, -0.2) is 36.6 Å². The topological polar surface area (TPSA) is 81.9 Å². The summed E-state index contributed by atoms with van der Waals surface area (Å²) >= 11 is 0. The van der Waals surface area contributed by atoms with Gasteiger partial charge >= 0.3 is 18.4 Å². The lowest BCUT2D eigenvalue weighted by Crippen LogP contribution is -2.35. The monoisotopic (exact) mass is 624 g/mol. The van der Waals surface area contributed by atoms with Crippen molar-refractivity contribution in [1.29, 1.82) is 0 Å². The lowest BCUT2D eigenvalue weighted by molar-refractivity contribution is -0.143. The Balaban J connectivity index is 1.53. The van der Waals surface area contributed by atoms with Crippen LogP contribution < -0.4 is 10.5 Å². The third kappa shape index (κ3) is 5.87. The van der Waals surface area contributed by atoms with Crippen LogP contribution in [0.5, 0.6) is 5.75 Å². The van der Waals surface area contributed by atoms with Crippen molar-refractivity contribution in [1.82, 2.24) is 4.90 Å². The van der Waals surface area contributed by atoms with Gasteiger partial charge in [-0.2, -0.15) is 26.3 Å². The van der Waals surface area contributed by atoms with Crippen molar-refractivity contribution >= 4 is 17.6 Å². The zero-order valence-corrected chi connectivity index (χ0v) is 24.8. The van der Waals surface area contributed by atoms with Gasteiger partial charge in [0.15, 0.2) is 0 Å². The van der Waals surface area contributed by atoms with E-state index in [1.165, 1.54) is 12.0 Å². The molecule has 238 valence electrons. The van der Waals surface area contributed by atoms with E-state index < -0.39 is 53.0 Å². The first-order valence-electron chi connectivity index (χ1n) is 14.3. The lowest BCUT2D eigenvalue weighted by Gasteiger charge is -2.36. The maximum atomic E-state index is 13.5. The Morgan fingerprint density at radius 3 is 2.16 bits per heavy atom. The number of ether oxygens (including phenoxy) is 2. The quantitative estimate of drug-likeness (QED) is 0.319. The summed E-state index contributed by atoms with van der Waals surface area (Å²) in [7, 11) is 1.53. The Labute approximate surface area is 251 Å². The second kappa shape index (κ2) is 10.7. The molecule has 0 unspecified atom stereocenters. The number of hydrogen-bond donors (Lipinski definition) is 1. The fourth-order valence-corrected chi connectivity index (χ4v) is 6.44. The van der Waals surface area contributed by atoms with Gasteiger partial charge in [-0.15, -0.1) is 0 Å². The van der Waals surface area contributed by atoms with Crippen molar-refractivity contribution < 1.29 is 45.4 Å². The molecule has 0 spiro atoms. The number of nitrogens with two attached hydrogens (primary N) is 1. The van der Waals surface area contributed by atoms with Gasteiger partial charge in [-0.25, -0.2) is 4.79 Å². The van der Waals surface area contributed by atoms with E-state index in [2.05, 4.69) is 13.8 Å². The highest BCUT2D eigenvalue weighted by Gasteiger charge is 2.50. The van der Waals surface area contributed by atoms with Gasteiger partial charge in [0.1, 0.15) is 11.9 Å².